The predicted molar refractivity (Wildman–Crippen MR) is 90.9 cm³/mol. The second kappa shape index (κ2) is 6.87. The van der Waals surface area contributed by atoms with Gasteiger partial charge < -0.3 is 13.9 Å². The van der Waals surface area contributed by atoms with Crippen LogP contribution in [0.2, 0.25) is 0 Å². The van der Waals surface area contributed by atoms with Crippen LogP contribution >= 0.6 is 15.9 Å². The van der Waals surface area contributed by atoms with Crippen LogP contribution in [0.5, 0.6) is 5.75 Å². The number of fused-ring (bicyclic) bond motifs is 1. The van der Waals surface area contributed by atoms with Crippen LogP contribution in [0.3, 0.4) is 0 Å². The molecule has 0 spiro atoms. The number of hydrogen-bond acceptors (Lipinski definition) is 4. The molecule has 4 nitrogen and oxygen atoms in total. The Morgan fingerprint density at radius 1 is 1.13 bits per heavy atom. The fraction of sp³-hybridized carbons (Fsp3) is 0.167. The molecule has 0 radical (unpaired) electrons. The molecule has 3 rings (SSSR count). The molecule has 0 unspecified atom stereocenters. The number of para-hydroxylation sites is 1. The highest BCUT2D eigenvalue weighted by Gasteiger charge is 2.18. The summed E-state index contributed by atoms with van der Waals surface area (Å²) in [6, 6.07) is 15.0. The number of carbonyl (C=O) groups excluding carboxylic acids is 1. The van der Waals surface area contributed by atoms with Crippen molar-refractivity contribution in [3.8, 4) is 5.75 Å². The largest absolute Gasteiger partial charge is 0.490 e. The van der Waals surface area contributed by atoms with Crippen LogP contribution in [0.1, 0.15) is 16.1 Å². The zero-order valence-electron chi connectivity index (χ0n) is 12.5. The van der Waals surface area contributed by atoms with Gasteiger partial charge in [-0.05, 0) is 31.2 Å². The number of benzene rings is 2. The first-order valence-corrected chi connectivity index (χ1v) is 7.98. The standard InChI is InChI=1S/C18H15BrO4/c1-12-15-7-2-3-8-16(15)23-17(12)18(20)22-10-9-21-14-6-4-5-13(19)11-14/h2-8,11H,9-10H2,1H3. The summed E-state index contributed by atoms with van der Waals surface area (Å²) in [4.78, 5) is 12.1. The molecule has 0 saturated heterocycles. The number of furan rings is 1. The second-order valence-electron chi connectivity index (χ2n) is 4.99. The number of carbonyl (C=O) groups is 1. The minimum atomic E-state index is -0.475. The minimum absolute atomic E-state index is 0.155. The summed E-state index contributed by atoms with van der Waals surface area (Å²) in [6.45, 7) is 2.28. The van der Waals surface area contributed by atoms with Gasteiger partial charge in [-0.3, -0.25) is 0 Å². The van der Waals surface area contributed by atoms with E-state index in [1.165, 1.54) is 0 Å². The number of hydrogen-bond donors (Lipinski definition) is 0. The van der Waals surface area contributed by atoms with Crippen LogP contribution in [0.15, 0.2) is 57.4 Å². The molecule has 1 heterocycles. The number of esters is 1. The average molecular weight is 375 g/mol. The average Bonchev–Trinajstić information content (AvgIpc) is 2.89. The molecule has 2 aromatic carbocycles. The van der Waals surface area contributed by atoms with Crippen LogP contribution in [-0.2, 0) is 4.74 Å². The Kier molecular flexibility index (Phi) is 4.67. The maximum absolute atomic E-state index is 12.1. The van der Waals surface area contributed by atoms with Crippen LogP contribution in [-0.4, -0.2) is 19.2 Å². The highest BCUT2D eigenvalue weighted by Crippen LogP contribution is 2.25. The van der Waals surface area contributed by atoms with E-state index in [1.54, 1.807) is 0 Å². The Labute approximate surface area is 142 Å². The van der Waals surface area contributed by atoms with Gasteiger partial charge in [-0.25, -0.2) is 4.79 Å². The first-order valence-electron chi connectivity index (χ1n) is 7.19. The first-order chi connectivity index (χ1) is 11.1. The molecule has 118 valence electrons. The molecule has 0 aliphatic heterocycles. The number of ether oxygens (including phenoxy) is 2. The Morgan fingerprint density at radius 3 is 2.74 bits per heavy atom. The predicted octanol–water partition coefficient (Wildman–Crippen LogP) is 4.74. The fourth-order valence-electron chi connectivity index (χ4n) is 2.29. The third kappa shape index (κ3) is 3.56. The van der Waals surface area contributed by atoms with Crippen molar-refractivity contribution in [1.29, 1.82) is 0 Å². The lowest BCUT2D eigenvalue weighted by molar-refractivity contribution is 0.0416. The van der Waals surface area contributed by atoms with Crippen molar-refractivity contribution in [2.24, 2.45) is 0 Å². The Hall–Kier alpha value is -2.27. The summed E-state index contributed by atoms with van der Waals surface area (Å²) >= 11 is 3.37. The molecule has 23 heavy (non-hydrogen) atoms. The summed E-state index contributed by atoms with van der Waals surface area (Å²) < 4.78 is 17.3. The van der Waals surface area contributed by atoms with Crippen molar-refractivity contribution in [1.82, 2.24) is 0 Å². The van der Waals surface area contributed by atoms with E-state index in [1.807, 2.05) is 55.5 Å². The third-order valence-corrected chi connectivity index (χ3v) is 3.90. The molecule has 0 bridgehead atoms. The highest BCUT2D eigenvalue weighted by atomic mass is 79.9. The first kappa shape index (κ1) is 15.6. The summed E-state index contributed by atoms with van der Waals surface area (Å²) in [5, 5.41) is 0.921. The lowest BCUT2D eigenvalue weighted by Crippen LogP contribution is -2.12. The smallest absolute Gasteiger partial charge is 0.374 e. The van der Waals surface area contributed by atoms with Crippen molar-refractivity contribution >= 4 is 32.9 Å². The van der Waals surface area contributed by atoms with Gasteiger partial charge in [0.1, 0.15) is 24.5 Å². The molecule has 0 aliphatic carbocycles. The molecule has 5 heteroatoms. The van der Waals surface area contributed by atoms with Crippen molar-refractivity contribution in [3.05, 3.63) is 64.3 Å². The molecular weight excluding hydrogens is 360 g/mol. The summed E-state index contributed by atoms with van der Waals surface area (Å²) in [5.74, 6) is 0.487. The second-order valence-corrected chi connectivity index (χ2v) is 5.91. The van der Waals surface area contributed by atoms with Crippen LogP contribution in [0.4, 0.5) is 0 Å². The van der Waals surface area contributed by atoms with Gasteiger partial charge in [0.15, 0.2) is 0 Å². The van der Waals surface area contributed by atoms with E-state index in [2.05, 4.69) is 15.9 Å². The SMILES string of the molecule is Cc1c(C(=O)OCCOc2cccc(Br)c2)oc2ccccc12. The van der Waals surface area contributed by atoms with Crippen LogP contribution in [0.25, 0.3) is 11.0 Å². The van der Waals surface area contributed by atoms with Crippen LogP contribution < -0.4 is 4.74 Å². The zero-order valence-corrected chi connectivity index (χ0v) is 14.1. The number of halogens is 1. The van der Waals surface area contributed by atoms with Crippen molar-refractivity contribution < 1.29 is 18.7 Å². The quantitative estimate of drug-likeness (QED) is 0.478. The van der Waals surface area contributed by atoms with Gasteiger partial charge in [0.25, 0.3) is 0 Å². The molecule has 0 N–H and O–H groups in total. The van der Waals surface area contributed by atoms with Gasteiger partial charge in [0.2, 0.25) is 5.76 Å². The molecule has 1 aromatic heterocycles. The molecule has 3 aromatic rings. The Morgan fingerprint density at radius 2 is 1.96 bits per heavy atom. The fourth-order valence-corrected chi connectivity index (χ4v) is 2.66. The summed E-state index contributed by atoms with van der Waals surface area (Å²) in [6.07, 6.45) is 0. The highest BCUT2D eigenvalue weighted by molar-refractivity contribution is 9.10. The van der Waals surface area contributed by atoms with E-state index in [0.717, 1.165) is 21.2 Å². The van der Waals surface area contributed by atoms with Crippen molar-refractivity contribution in [2.45, 2.75) is 6.92 Å². The topological polar surface area (TPSA) is 48.7 Å². The third-order valence-electron chi connectivity index (χ3n) is 3.41. The van der Waals surface area contributed by atoms with Gasteiger partial charge in [-0.1, -0.05) is 40.2 Å². The van der Waals surface area contributed by atoms with E-state index >= 15 is 0 Å². The summed E-state index contributed by atoms with van der Waals surface area (Å²) in [7, 11) is 0. The normalized spacial score (nSPS) is 10.7. The molecule has 0 amide bonds. The van der Waals surface area contributed by atoms with E-state index in [9.17, 15) is 4.79 Å². The number of rotatable bonds is 5. The van der Waals surface area contributed by atoms with Gasteiger partial charge >= 0.3 is 5.97 Å². The van der Waals surface area contributed by atoms with E-state index < -0.39 is 5.97 Å². The molecule has 0 fully saturated rings. The molecule has 0 atom stereocenters. The molecule has 0 aliphatic rings. The van der Waals surface area contributed by atoms with E-state index in [0.29, 0.717) is 5.58 Å². The van der Waals surface area contributed by atoms with Crippen LogP contribution in [0, 0.1) is 6.92 Å². The van der Waals surface area contributed by atoms with Gasteiger partial charge in [-0.2, -0.15) is 0 Å². The van der Waals surface area contributed by atoms with E-state index in [4.69, 9.17) is 13.9 Å². The van der Waals surface area contributed by atoms with Crippen molar-refractivity contribution in [3.63, 3.8) is 0 Å². The Balaban J connectivity index is 1.57. The van der Waals surface area contributed by atoms with Crippen molar-refractivity contribution in [2.75, 3.05) is 13.2 Å². The monoisotopic (exact) mass is 374 g/mol. The van der Waals surface area contributed by atoms with Gasteiger partial charge in [-0.15, -0.1) is 0 Å². The van der Waals surface area contributed by atoms with Gasteiger partial charge in [0, 0.05) is 15.4 Å². The molecular formula is C18H15BrO4. The minimum Gasteiger partial charge on any atom is -0.490 e. The maximum atomic E-state index is 12.1. The zero-order chi connectivity index (χ0) is 16.2. The summed E-state index contributed by atoms with van der Waals surface area (Å²) in [5.41, 5.74) is 1.47. The lowest BCUT2D eigenvalue weighted by Gasteiger charge is -2.07. The lowest BCUT2D eigenvalue weighted by atomic mass is 10.1. The molecule has 0 saturated carbocycles. The maximum Gasteiger partial charge on any atom is 0.374 e. The number of aryl methyl sites for hydroxylation is 1. The van der Waals surface area contributed by atoms with Gasteiger partial charge in [0.05, 0.1) is 0 Å². The Bertz CT molecular complexity index is 838. The van der Waals surface area contributed by atoms with E-state index in [-0.39, 0.29) is 19.0 Å².